The molecule has 1 aromatic heterocycles. The predicted molar refractivity (Wildman–Crippen MR) is 123 cm³/mol. The zero-order valence-corrected chi connectivity index (χ0v) is 19.1. The van der Waals surface area contributed by atoms with Crippen LogP contribution in [0.25, 0.3) is 0 Å². The Morgan fingerprint density at radius 3 is 2.61 bits per heavy atom. The van der Waals surface area contributed by atoms with Crippen molar-refractivity contribution in [2.24, 2.45) is 0 Å². The zero-order valence-electron chi connectivity index (χ0n) is 16.7. The van der Waals surface area contributed by atoms with E-state index in [2.05, 4.69) is 10.3 Å². The third-order valence-corrected chi connectivity index (χ3v) is 7.95. The van der Waals surface area contributed by atoms with E-state index in [-0.39, 0.29) is 15.5 Å². The lowest BCUT2D eigenvalue weighted by Crippen LogP contribution is -2.36. The lowest BCUT2D eigenvalue weighted by molar-refractivity contribution is 0.102. The predicted octanol–water partition coefficient (Wildman–Crippen LogP) is 4.46. The fourth-order valence-electron chi connectivity index (χ4n) is 3.44. The highest BCUT2D eigenvalue weighted by Gasteiger charge is 2.29. The maximum Gasteiger partial charge on any atom is 0.257 e. The number of nitrogens with zero attached hydrogens (tertiary/aromatic N) is 2. The van der Waals surface area contributed by atoms with E-state index in [1.807, 2.05) is 30.5 Å². The number of sulfonamides is 1. The molecular weight excluding hydrogens is 454 g/mol. The van der Waals surface area contributed by atoms with E-state index in [4.69, 9.17) is 11.6 Å². The van der Waals surface area contributed by atoms with Crippen LogP contribution in [-0.4, -0.2) is 36.4 Å². The van der Waals surface area contributed by atoms with Gasteiger partial charge < -0.3 is 5.32 Å². The molecule has 1 aliphatic rings. The number of hydrogen-bond acceptors (Lipinski definition) is 5. The highest BCUT2D eigenvalue weighted by molar-refractivity contribution is 7.98. The second-order valence-corrected chi connectivity index (χ2v) is 10.2. The summed E-state index contributed by atoms with van der Waals surface area (Å²) in [6.07, 6.45) is 4.10. The van der Waals surface area contributed by atoms with E-state index < -0.39 is 15.9 Å². The molecule has 0 spiro atoms. The maximum atomic E-state index is 13.3. The molecule has 2 heterocycles. The van der Waals surface area contributed by atoms with Gasteiger partial charge in [-0.3, -0.25) is 4.79 Å². The summed E-state index contributed by atoms with van der Waals surface area (Å²) in [5, 5.41) is 3.72. The Hall–Kier alpha value is -2.39. The summed E-state index contributed by atoms with van der Waals surface area (Å²) in [6, 6.07) is 15.5. The van der Waals surface area contributed by atoms with Crippen molar-refractivity contribution in [3.05, 3.63) is 82.5 Å². The van der Waals surface area contributed by atoms with E-state index in [1.54, 1.807) is 18.3 Å². The average molecular weight is 474 g/mol. The molecule has 6 nitrogen and oxygen atoms in total. The molecule has 9 heteroatoms. The second-order valence-electron chi connectivity index (χ2n) is 7.04. The number of benzene rings is 2. The molecule has 0 saturated carbocycles. The van der Waals surface area contributed by atoms with Gasteiger partial charge in [0.1, 0.15) is 0 Å². The lowest BCUT2D eigenvalue weighted by Gasteiger charge is -2.28. The monoisotopic (exact) mass is 473 g/mol. The largest absolute Gasteiger partial charge is 0.321 e. The minimum Gasteiger partial charge on any atom is -0.321 e. The van der Waals surface area contributed by atoms with Gasteiger partial charge in [-0.1, -0.05) is 35.9 Å². The first kappa shape index (κ1) is 21.8. The Balaban J connectivity index is 1.58. The number of rotatable bonds is 5. The van der Waals surface area contributed by atoms with Crippen LogP contribution in [0.4, 0.5) is 5.69 Å². The maximum absolute atomic E-state index is 13.3. The number of aromatic nitrogens is 1. The molecule has 31 heavy (non-hydrogen) atoms. The smallest absolute Gasteiger partial charge is 0.257 e. The summed E-state index contributed by atoms with van der Waals surface area (Å²) in [6.45, 7) is 0.688. The van der Waals surface area contributed by atoms with Gasteiger partial charge in [0.25, 0.3) is 5.91 Å². The van der Waals surface area contributed by atoms with Crippen molar-refractivity contribution in [2.45, 2.75) is 22.9 Å². The Bertz CT molecular complexity index is 1230. The van der Waals surface area contributed by atoms with Gasteiger partial charge in [0.05, 0.1) is 32.4 Å². The summed E-state index contributed by atoms with van der Waals surface area (Å²) in [5.74, 6) is -0.496. The highest BCUT2D eigenvalue weighted by atomic mass is 35.5. The summed E-state index contributed by atoms with van der Waals surface area (Å²) in [4.78, 5) is 17.0. The number of fused-ring (bicyclic) bond motifs is 1. The molecule has 0 saturated heterocycles. The van der Waals surface area contributed by atoms with Gasteiger partial charge in [-0.15, -0.1) is 11.8 Å². The average Bonchev–Trinajstić information content (AvgIpc) is 2.79. The van der Waals surface area contributed by atoms with Crippen molar-refractivity contribution in [2.75, 3.05) is 18.1 Å². The molecule has 3 aromatic rings. The molecular formula is C22H20ClN3O3S2. The standard InChI is InChI=1S/C22H20ClN3O3S2/c1-30-21-9-6-17(13-24-21)25-22(27)19-12-18(7-8-20(19)23)31(28,29)26-11-10-15-4-2-3-5-16(15)14-26/h2-9,12-13H,10-11,14H2,1H3,(H,25,27). The fourth-order valence-corrected chi connectivity index (χ4v) is 5.45. The molecule has 0 fully saturated rings. The number of amides is 1. The normalized spacial score (nSPS) is 14.1. The minimum atomic E-state index is -3.78. The Morgan fingerprint density at radius 2 is 1.90 bits per heavy atom. The molecule has 1 aliphatic heterocycles. The quantitative estimate of drug-likeness (QED) is 0.553. The molecule has 0 aliphatic carbocycles. The van der Waals surface area contributed by atoms with Gasteiger partial charge in [-0.2, -0.15) is 4.31 Å². The van der Waals surface area contributed by atoms with Crippen LogP contribution in [0.3, 0.4) is 0 Å². The number of anilines is 1. The van der Waals surface area contributed by atoms with Crippen LogP contribution in [0.15, 0.2) is 70.7 Å². The number of nitrogens with one attached hydrogen (secondary N) is 1. The topological polar surface area (TPSA) is 79.4 Å². The van der Waals surface area contributed by atoms with Crippen LogP contribution in [0.5, 0.6) is 0 Å². The first-order valence-corrected chi connectivity index (χ1v) is 12.6. The van der Waals surface area contributed by atoms with E-state index >= 15 is 0 Å². The molecule has 0 radical (unpaired) electrons. The van der Waals surface area contributed by atoms with Crippen molar-refractivity contribution < 1.29 is 13.2 Å². The second kappa shape index (κ2) is 9.00. The Kier molecular flexibility index (Phi) is 6.34. The Labute approximate surface area is 190 Å². The molecule has 160 valence electrons. The third kappa shape index (κ3) is 4.62. The minimum absolute atomic E-state index is 0.0392. The van der Waals surface area contributed by atoms with Gasteiger partial charge in [0.2, 0.25) is 10.0 Å². The van der Waals surface area contributed by atoms with Crippen LogP contribution in [0, 0.1) is 0 Å². The third-order valence-electron chi connectivity index (χ3n) is 5.12. The summed E-state index contributed by atoms with van der Waals surface area (Å²) >= 11 is 7.71. The van der Waals surface area contributed by atoms with E-state index in [9.17, 15) is 13.2 Å². The van der Waals surface area contributed by atoms with Gasteiger partial charge >= 0.3 is 0 Å². The van der Waals surface area contributed by atoms with E-state index in [0.29, 0.717) is 25.2 Å². The van der Waals surface area contributed by atoms with Crippen molar-refractivity contribution >= 4 is 45.0 Å². The van der Waals surface area contributed by atoms with Crippen LogP contribution in [0.1, 0.15) is 21.5 Å². The highest BCUT2D eigenvalue weighted by Crippen LogP contribution is 2.28. The van der Waals surface area contributed by atoms with Gasteiger partial charge in [-0.05, 0) is 54.1 Å². The van der Waals surface area contributed by atoms with Crippen molar-refractivity contribution in [1.29, 1.82) is 0 Å². The lowest BCUT2D eigenvalue weighted by atomic mass is 10.0. The number of carbonyl (C=O) groups excluding carboxylic acids is 1. The van der Waals surface area contributed by atoms with E-state index in [0.717, 1.165) is 16.2 Å². The molecule has 0 unspecified atom stereocenters. The van der Waals surface area contributed by atoms with Crippen LogP contribution < -0.4 is 5.32 Å². The van der Waals surface area contributed by atoms with Crippen molar-refractivity contribution in [1.82, 2.24) is 9.29 Å². The first-order chi connectivity index (χ1) is 14.9. The van der Waals surface area contributed by atoms with Gasteiger partial charge in [0.15, 0.2) is 0 Å². The number of pyridine rings is 1. The number of carbonyl (C=O) groups is 1. The van der Waals surface area contributed by atoms with Crippen LogP contribution >= 0.6 is 23.4 Å². The zero-order chi connectivity index (χ0) is 22.0. The Morgan fingerprint density at radius 1 is 1.13 bits per heavy atom. The number of hydrogen-bond donors (Lipinski definition) is 1. The van der Waals surface area contributed by atoms with Crippen LogP contribution in [-0.2, 0) is 23.0 Å². The van der Waals surface area contributed by atoms with E-state index in [1.165, 1.54) is 34.3 Å². The summed E-state index contributed by atoms with van der Waals surface area (Å²) < 4.78 is 27.9. The van der Waals surface area contributed by atoms with Gasteiger partial charge in [0, 0.05) is 13.1 Å². The summed E-state index contributed by atoms with van der Waals surface area (Å²) in [7, 11) is -3.78. The van der Waals surface area contributed by atoms with Crippen LogP contribution in [0.2, 0.25) is 5.02 Å². The molecule has 4 rings (SSSR count). The first-order valence-electron chi connectivity index (χ1n) is 9.56. The molecule has 0 bridgehead atoms. The molecule has 1 amide bonds. The van der Waals surface area contributed by atoms with Gasteiger partial charge in [-0.25, -0.2) is 13.4 Å². The molecule has 0 atom stereocenters. The number of halogens is 1. The summed E-state index contributed by atoms with van der Waals surface area (Å²) in [5.41, 5.74) is 2.74. The molecule has 1 N–H and O–H groups in total. The number of thioether (sulfide) groups is 1. The van der Waals surface area contributed by atoms with Crippen molar-refractivity contribution in [3.8, 4) is 0 Å². The fraction of sp³-hybridized carbons (Fsp3) is 0.182. The molecule has 2 aromatic carbocycles. The SMILES string of the molecule is CSc1ccc(NC(=O)c2cc(S(=O)(=O)N3CCc4ccccc4C3)ccc2Cl)cn1. The van der Waals surface area contributed by atoms with Crippen molar-refractivity contribution in [3.63, 3.8) is 0 Å².